The van der Waals surface area contributed by atoms with E-state index >= 15 is 0 Å². The maximum atomic E-state index is 8.56. The zero-order chi connectivity index (χ0) is 89.4. The van der Waals surface area contributed by atoms with Crippen molar-refractivity contribution in [2.45, 2.75) is 0 Å². The number of carboxylic acid groups (broad SMARTS) is 50. The minimum absolute atomic E-state index is 0. The van der Waals surface area contributed by atoms with Crippen LogP contribution in [0.25, 0.3) is 0 Å². The van der Waals surface area contributed by atoms with Crippen LogP contribution in [0.15, 0.2) is 0 Å². The van der Waals surface area contributed by atoms with Gasteiger partial charge in [0.2, 0.25) is 0 Å². The van der Waals surface area contributed by atoms with Gasteiger partial charge in [0.05, 0.1) is 0 Å². The number of hydrogen-bond acceptors (Lipinski definition) is 25. The minimum Gasteiger partial charge on any atom is -0.450 e. The van der Waals surface area contributed by atoms with Gasteiger partial charge in [0, 0.05) is 0 Å². The number of hydrogen-bond donors (Lipinski definition) is 50. The Bertz CT molecular complexity index is 1470. The molecule has 0 fully saturated rings. The van der Waals surface area contributed by atoms with Crippen molar-refractivity contribution in [3.8, 4) is 0 Å². The van der Waals surface area contributed by atoms with Gasteiger partial charge in [-0.15, -0.1) is 0 Å². The van der Waals surface area contributed by atoms with E-state index in [-0.39, 0.29) is 1180 Å². The Morgan fingerprint density at radius 3 is 0.0500 bits per heavy atom. The molecule has 75 nitrogen and oxygen atoms in total. The molecule has 0 spiro atoms. The minimum atomic E-state index is -1.83. The van der Waals surface area contributed by atoms with E-state index in [2.05, 4.69) is 0 Å². The maximum Gasteiger partial charge on any atom is 1.00 e. The summed E-state index contributed by atoms with van der Waals surface area (Å²) in [5.41, 5.74) is 0. The molecule has 0 radical (unpaired) electrons. The average Bonchev–Trinajstić information content (AvgIpc) is 3.15. The Kier molecular flexibility index (Phi) is 1400. The van der Waals surface area contributed by atoms with E-state index in [4.69, 9.17) is 375 Å². The van der Waals surface area contributed by atoms with Gasteiger partial charge in [-0.05, 0) is 0 Å². The van der Waals surface area contributed by atoms with Gasteiger partial charge in [0.1, 0.15) is 0 Å². The Labute approximate surface area is 1670 Å². The molecule has 0 amide bonds. The van der Waals surface area contributed by atoms with Crippen LogP contribution in [0.1, 0.15) is 0 Å². The van der Waals surface area contributed by atoms with Crippen LogP contribution in [0, 0.1) is 0 Å². The summed E-state index contributed by atoms with van der Waals surface area (Å²) in [6, 6.07) is 0. The van der Waals surface area contributed by atoms with E-state index in [1.165, 1.54) is 0 Å². The molecule has 0 heterocycles. The van der Waals surface area contributed by atoms with Crippen molar-refractivity contribution < 1.29 is 1560 Å². The van der Waals surface area contributed by atoms with Crippen molar-refractivity contribution in [2.75, 3.05) is 0 Å². The van der Waals surface area contributed by atoms with E-state index in [0.717, 1.165) is 0 Å². The molecule has 115 heteroatoms. The summed E-state index contributed by atoms with van der Waals surface area (Å²) < 4.78 is 0. The Balaban J connectivity index is -0.00000000657. The van der Waals surface area contributed by atoms with Crippen molar-refractivity contribution in [2.24, 2.45) is 0 Å². The molecule has 50 N–H and O–H groups in total. The summed E-state index contributed by atoms with van der Waals surface area (Å²) in [4.78, 5) is 214. The largest absolute Gasteiger partial charge is 1.00 e. The Morgan fingerprint density at radius 2 is 0.0500 bits per heavy atom. The normalized spacial score (nSPS) is 4.29. The van der Waals surface area contributed by atoms with E-state index in [1.807, 2.05) is 0 Å². The van der Waals surface area contributed by atoms with Crippen LogP contribution >= 0.6 is 0 Å². The molecule has 0 bridgehead atoms. The first-order valence-electron chi connectivity index (χ1n) is 16.3. The van der Waals surface area contributed by atoms with E-state index in [9.17, 15) is 0 Å². The summed E-state index contributed by atoms with van der Waals surface area (Å²) >= 11 is 0. The monoisotopic (exact) mass is 2470 g/mol. The molecule has 0 aromatic carbocycles. The SMILES string of the molecule is O=C(O)O.O=C(O)O.O=C(O)O.O=C(O)O.O=C(O)O.O=C(O)O.O=C(O)O.O=C(O)O.O=C(O)O.O=C(O)O.O=C(O)O.O=C(O)O.O=C(O)O.O=C(O)O.O=C(O)O.O=C(O)O.O=C(O)O.O=C(O)O.O=C(O)O.O=C(O)O.O=C(O)O.O=C(O)O.O=C(O)O.O=C(O)O.O=C(O)O.[Na+].[Na+].[Na+].[Na+].[Na+].[Na+].[Na+].[Na+].[Na+].[Na+].[Na+].[Na+].[Na+].[Na+].[Na+].[Na+].[Na+].[Na+].[Na+].[Na+].[Na+].[Na+].[Na+].[Na+].[Na+].[Na+].[Na+].[Na+].[Na+].[Na+].[Na+].[Na+].[Na+].[Na+].[Na+].[Na+].[Na+].[Na+].[Na+].[Na+]. The molecule has 600 valence electrons. The standard InChI is InChI=1S/25CH2O3.40Na/c25*2-1(3)4;;;;;;;;;;;;;;;;;;;;;;;;;;;;;;;;;;;;;;;;/h25*(H2,2,3,4);;;;;;;;;;;;;;;;;;;;;;;;;;;;;;;;;;;;;;;;/q;;;;;;;;;;;;;;;;;;;;;;;;;40*+1. The van der Waals surface area contributed by atoms with E-state index in [1.54, 1.807) is 0 Å². The van der Waals surface area contributed by atoms with Gasteiger partial charge >= 0.3 is 1340 Å². The van der Waals surface area contributed by atoms with Crippen LogP contribution in [0.4, 0.5) is 120 Å². The first-order chi connectivity index (χ1) is 43.3. The molecule has 0 aliphatic heterocycles. The van der Waals surface area contributed by atoms with Gasteiger partial charge in [-0.3, -0.25) is 0 Å². The van der Waals surface area contributed by atoms with Crippen LogP contribution < -0.4 is 1180 Å². The Morgan fingerprint density at radius 1 is 0.0500 bits per heavy atom. The topological polar surface area (TPSA) is 1440 Å². The van der Waals surface area contributed by atoms with Crippen molar-refractivity contribution >= 4 is 154 Å². The van der Waals surface area contributed by atoms with Crippen LogP contribution in [0.3, 0.4) is 0 Å². The molecule has 0 aliphatic carbocycles. The predicted molar refractivity (Wildman–Crippen MR) is 266 cm³/mol. The fraction of sp³-hybridized carbons (Fsp3) is 0. The second-order valence-electron chi connectivity index (χ2n) is 7.06. The molecular formula is C25H50Na40O75+40. The van der Waals surface area contributed by atoms with Gasteiger partial charge in [-0.25, -0.2) is 120 Å². The third-order valence-corrected chi connectivity index (χ3v) is 0. The third kappa shape index (κ3) is 8510. The van der Waals surface area contributed by atoms with Crippen LogP contribution in [0.5, 0.6) is 0 Å². The fourth-order valence-corrected chi connectivity index (χ4v) is 0. The zero-order valence-electron chi connectivity index (χ0n) is 85.1. The quantitative estimate of drug-likeness (QED) is 0.100. The van der Waals surface area contributed by atoms with Gasteiger partial charge in [-0.2, -0.15) is 0 Å². The van der Waals surface area contributed by atoms with Gasteiger partial charge in [0.25, 0.3) is 0 Å². The van der Waals surface area contributed by atoms with Crippen molar-refractivity contribution in [1.82, 2.24) is 0 Å². The third-order valence-electron chi connectivity index (χ3n) is 0. The van der Waals surface area contributed by atoms with Crippen LogP contribution in [-0.4, -0.2) is 409 Å². The second-order valence-corrected chi connectivity index (χ2v) is 7.06. The number of rotatable bonds is 0. The van der Waals surface area contributed by atoms with E-state index in [0.29, 0.717) is 0 Å². The smallest absolute Gasteiger partial charge is 0.450 e. The molecule has 0 aliphatic rings. The summed E-state index contributed by atoms with van der Waals surface area (Å²) in [6.45, 7) is 0. The molecule has 0 saturated carbocycles. The predicted octanol–water partition coefficient (Wildman–Crippen LogP) is -114. The maximum absolute atomic E-state index is 8.56. The summed E-state index contributed by atoms with van der Waals surface area (Å²) in [5.74, 6) is 0. The Hall–Kier alpha value is 21.8. The molecule has 0 atom stereocenters. The van der Waals surface area contributed by atoms with Gasteiger partial charge in [0.15, 0.2) is 0 Å². The van der Waals surface area contributed by atoms with Crippen molar-refractivity contribution in [3.63, 3.8) is 0 Å². The molecule has 0 aromatic rings. The molecular weight excluding hydrogens is 2420 g/mol. The molecule has 140 heavy (non-hydrogen) atoms. The molecule has 0 rings (SSSR count). The van der Waals surface area contributed by atoms with Gasteiger partial charge in [-0.1, -0.05) is 0 Å². The summed E-state index contributed by atoms with van der Waals surface area (Å²) in [7, 11) is 0. The van der Waals surface area contributed by atoms with Gasteiger partial charge < -0.3 is 255 Å². The average molecular weight is 2470 g/mol. The first-order valence-corrected chi connectivity index (χ1v) is 16.3. The van der Waals surface area contributed by atoms with Crippen molar-refractivity contribution in [1.29, 1.82) is 0 Å². The van der Waals surface area contributed by atoms with Crippen LogP contribution in [-0.2, 0) is 0 Å². The zero-order valence-corrected chi connectivity index (χ0v) is 165. The molecule has 0 unspecified atom stereocenters. The fourth-order valence-electron chi connectivity index (χ4n) is 0. The van der Waals surface area contributed by atoms with Crippen molar-refractivity contribution in [3.05, 3.63) is 0 Å². The van der Waals surface area contributed by atoms with E-state index < -0.39 is 154 Å². The second kappa shape index (κ2) is 438. The molecule has 0 saturated heterocycles. The summed E-state index contributed by atoms with van der Waals surface area (Å²) in [5, 5.41) is 349. The first kappa shape index (κ1) is 447. The molecule has 0 aromatic heterocycles. The summed E-state index contributed by atoms with van der Waals surface area (Å²) in [6.07, 6.45) is -45.8. The van der Waals surface area contributed by atoms with Crippen LogP contribution in [0.2, 0.25) is 0 Å². The number of carbonyl (C=O) groups is 25.